The van der Waals surface area contributed by atoms with Crippen molar-refractivity contribution in [2.75, 3.05) is 5.75 Å². The summed E-state index contributed by atoms with van der Waals surface area (Å²) in [6.45, 7) is 5.96. The normalized spacial score (nSPS) is 12.2. The SMILES string of the molecule is Cc1cccc(C(=O)N[C@@H](c2nnc(SCC(N)=O)n2C)C(C)C)c1. The largest absolute Gasteiger partial charge is 0.369 e. The highest BCUT2D eigenvalue weighted by Crippen LogP contribution is 2.24. The molecular formula is C17H23N5O2S. The molecule has 0 spiro atoms. The number of hydrogen-bond donors (Lipinski definition) is 2. The standard InChI is InChI=1S/C17H23N5O2S/c1-10(2)14(19-16(24)12-7-5-6-11(3)8-12)15-20-21-17(22(15)4)25-9-13(18)23/h5-8,10,14H,9H2,1-4H3,(H2,18,23)(H,19,24)/t14-/m1/s1. The second kappa shape index (κ2) is 8.15. The van der Waals surface area contributed by atoms with Gasteiger partial charge in [0.25, 0.3) is 5.91 Å². The van der Waals surface area contributed by atoms with Gasteiger partial charge in [0.2, 0.25) is 5.91 Å². The zero-order chi connectivity index (χ0) is 18.6. The first kappa shape index (κ1) is 19.0. The number of carbonyl (C=O) groups is 2. The lowest BCUT2D eigenvalue weighted by Gasteiger charge is -2.21. The zero-order valence-electron chi connectivity index (χ0n) is 14.8. The number of nitrogens with zero attached hydrogens (tertiary/aromatic N) is 3. The van der Waals surface area contributed by atoms with Crippen LogP contribution in [0.4, 0.5) is 0 Å². The number of nitrogens with one attached hydrogen (secondary N) is 1. The average Bonchev–Trinajstić information content (AvgIpc) is 2.90. The fraction of sp³-hybridized carbons (Fsp3) is 0.412. The van der Waals surface area contributed by atoms with Gasteiger partial charge in [0.1, 0.15) is 0 Å². The maximum Gasteiger partial charge on any atom is 0.251 e. The lowest BCUT2D eigenvalue weighted by molar-refractivity contribution is -0.115. The van der Waals surface area contributed by atoms with E-state index in [-0.39, 0.29) is 23.6 Å². The highest BCUT2D eigenvalue weighted by atomic mass is 32.2. The molecule has 0 aliphatic rings. The lowest BCUT2D eigenvalue weighted by atomic mass is 10.0. The van der Waals surface area contributed by atoms with Gasteiger partial charge in [-0.25, -0.2) is 0 Å². The second-order valence-electron chi connectivity index (χ2n) is 6.22. The molecule has 0 bridgehead atoms. The van der Waals surface area contributed by atoms with E-state index in [1.165, 1.54) is 11.8 Å². The third-order valence-electron chi connectivity index (χ3n) is 3.72. The maximum atomic E-state index is 12.6. The van der Waals surface area contributed by atoms with E-state index < -0.39 is 5.91 Å². The Kier molecular flexibility index (Phi) is 6.19. The number of nitrogens with two attached hydrogens (primary N) is 1. The van der Waals surface area contributed by atoms with E-state index in [1.807, 2.05) is 46.0 Å². The molecule has 1 aromatic heterocycles. The Bertz CT molecular complexity index is 772. The van der Waals surface area contributed by atoms with Gasteiger partial charge in [0, 0.05) is 12.6 Å². The summed E-state index contributed by atoms with van der Waals surface area (Å²) in [5, 5.41) is 11.9. The summed E-state index contributed by atoms with van der Waals surface area (Å²) in [4.78, 5) is 23.5. The van der Waals surface area contributed by atoms with Gasteiger partial charge in [0.15, 0.2) is 11.0 Å². The molecule has 7 nitrogen and oxygen atoms in total. The molecule has 2 amide bonds. The van der Waals surface area contributed by atoms with Crippen molar-refractivity contribution in [2.45, 2.75) is 32.0 Å². The van der Waals surface area contributed by atoms with Crippen LogP contribution in [0.25, 0.3) is 0 Å². The quantitative estimate of drug-likeness (QED) is 0.732. The first-order chi connectivity index (χ1) is 11.8. The molecule has 0 unspecified atom stereocenters. The molecule has 3 N–H and O–H groups in total. The fourth-order valence-corrected chi connectivity index (χ4v) is 3.06. The monoisotopic (exact) mass is 361 g/mol. The molecule has 8 heteroatoms. The third-order valence-corrected chi connectivity index (χ3v) is 4.77. The van der Waals surface area contributed by atoms with E-state index in [1.54, 1.807) is 10.6 Å². The summed E-state index contributed by atoms with van der Waals surface area (Å²) >= 11 is 1.22. The zero-order valence-corrected chi connectivity index (χ0v) is 15.6. The summed E-state index contributed by atoms with van der Waals surface area (Å²) in [6, 6.07) is 7.13. The van der Waals surface area contributed by atoms with Crippen LogP contribution in [0.3, 0.4) is 0 Å². The van der Waals surface area contributed by atoms with Gasteiger partial charge < -0.3 is 15.6 Å². The van der Waals surface area contributed by atoms with E-state index >= 15 is 0 Å². The first-order valence-corrected chi connectivity index (χ1v) is 8.96. The topological polar surface area (TPSA) is 103 Å². The Labute approximate surface area is 151 Å². The number of amides is 2. The summed E-state index contributed by atoms with van der Waals surface area (Å²) in [5.74, 6) is 0.321. The predicted molar refractivity (Wildman–Crippen MR) is 97.1 cm³/mol. The highest BCUT2D eigenvalue weighted by molar-refractivity contribution is 7.99. The van der Waals surface area contributed by atoms with E-state index in [9.17, 15) is 9.59 Å². The first-order valence-electron chi connectivity index (χ1n) is 7.97. The van der Waals surface area contributed by atoms with Crippen molar-refractivity contribution in [1.82, 2.24) is 20.1 Å². The van der Waals surface area contributed by atoms with Gasteiger partial charge in [-0.3, -0.25) is 9.59 Å². The van der Waals surface area contributed by atoms with Crippen molar-refractivity contribution in [1.29, 1.82) is 0 Å². The number of benzene rings is 1. The Hall–Kier alpha value is -2.35. The van der Waals surface area contributed by atoms with Crippen LogP contribution in [0, 0.1) is 12.8 Å². The summed E-state index contributed by atoms with van der Waals surface area (Å²) < 4.78 is 1.79. The van der Waals surface area contributed by atoms with Crippen molar-refractivity contribution in [2.24, 2.45) is 18.7 Å². The van der Waals surface area contributed by atoms with E-state index in [0.717, 1.165) is 5.56 Å². The minimum Gasteiger partial charge on any atom is -0.369 e. The number of aryl methyl sites for hydroxylation is 1. The number of carbonyl (C=O) groups excluding carboxylic acids is 2. The van der Waals surface area contributed by atoms with Gasteiger partial charge in [-0.15, -0.1) is 10.2 Å². The third kappa shape index (κ3) is 4.82. The van der Waals surface area contributed by atoms with E-state index in [0.29, 0.717) is 16.5 Å². The summed E-state index contributed by atoms with van der Waals surface area (Å²) in [6.07, 6.45) is 0. The van der Waals surface area contributed by atoms with Crippen LogP contribution in [0.2, 0.25) is 0 Å². The number of rotatable bonds is 7. The van der Waals surface area contributed by atoms with Gasteiger partial charge >= 0.3 is 0 Å². The highest BCUT2D eigenvalue weighted by Gasteiger charge is 2.25. The minimum absolute atomic E-state index is 0.116. The maximum absolute atomic E-state index is 12.6. The molecule has 1 aromatic carbocycles. The molecular weight excluding hydrogens is 338 g/mol. The van der Waals surface area contributed by atoms with Crippen LogP contribution in [-0.4, -0.2) is 32.3 Å². The minimum atomic E-state index is -0.414. The Morgan fingerprint density at radius 1 is 1.32 bits per heavy atom. The van der Waals surface area contributed by atoms with Crippen molar-refractivity contribution >= 4 is 23.6 Å². The number of primary amides is 1. The van der Waals surface area contributed by atoms with Gasteiger partial charge in [-0.1, -0.05) is 43.3 Å². The number of hydrogen-bond acceptors (Lipinski definition) is 5. The summed E-state index contributed by atoms with van der Waals surface area (Å²) in [5.41, 5.74) is 6.81. The molecule has 1 heterocycles. The van der Waals surface area contributed by atoms with Crippen LogP contribution in [0.15, 0.2) is 29.4 Å². The van der Waals surface area contributed by atoms with Gasteiger partial charge in [-0.2, -0.15) is 0 Å². The Morgan fingerprint density at radius 3 is 2.64 bits per heavy atom. The average molecular weight is 361 g/mol. The smallest absolute Gasteiger partial charge is 0.251 e. The van der Waals surface area contributed by atoms with Crippen molar-refractivity contribution < 1.29 is 9.59 Å². The lowest BCUT2D eigenvalue weighted by Crippen LogP contribution is -2.33. The van der Waals surface area contributed by atoms with Crippen LogP contribution < -0.4 is 11.1 Å². The van der Waals surface area contributed by atoms with E-state index in [4.69, 9.17) is 5.73 Å². The van der Waals surface area contributed by atoms with Crippen LogP contribution in [0.1, 0.15) is 41.6 Å². The predicted octanol–water partition coefficient (Wildman–Crippen LogP) is 1.83. The van der Waals surface area contributed by atoms with E-state index in [2.05, 4.69) is 15.5 Å². The van der Waals surface area contributed by atoms with Crippen LogP contribution in [-0.2, 0) is 11.8 Å². The van der Waals surface area contributed by atoms with Crippen molar-refractivity contribution in [3.8, 4) is 0 Å². The molecule has 0 saturated carbocycles. The Balaban J connectivity index is 2.21. The molecule has 0 aliphatic carbocycles. The van der Waals surface area contributed by atoms with Crippen molar-refractivity contribution in [3.63, 3.8) is 0 Å². The molecule has 0 fully saturated rings. The Morgan fingerprint density at radius 2 is 2.04 bits per heavy atom. The molecule has 0 saturated heterocycles. The number of aromatic nitrogens is 3. The van der Waals surface area contributed by atoms with Gasteiger partial charge in [0.05, 0.1) is 11.8 Å². The number of thioether (sulfide) groups is 1. The summed E-state index contributed by atoms with van der Waals surface area (Å²) in [7, 11) is 1.81. The van der Waals surface area contributed by atoms with Crippen molar-refractivity contribution in [3.05, 3.63) is 41.2 Å². The second-order valence-corrected chi connectivity index (χ2v) is 7.16. The van der Waals surface area contributed by atoms with Crippen LogP contribution in [0.5, 0.6) is 0 Å². The molecule has 134 valence electrons. The molecule has 25 heavy (non-hydrogen) atoms. The molecule has 1 atom stereocenters. The molecule has 0 aliphatic heterocycles. The van der Waals surface area contributed by atoms with Crippen LogP contribution >= 0.6 is 11.8 Å². The molecule has 0 radical (unpaired) electrons. The fourth-order valence-electron chi connectivity index (χ4n) is 2.40. The van der Waals surface area contributed by atoms with Gasteiger partial charge in [-0.05, 0) is 25.0 Å². The molecule has 2 rings (SSSR count). The molecule has 2 aromatic rings.